The Bertz CT molecular complexity index is 412. The van der Waals surface area contributed by atoms with Gasteiger partial charge in [-0.3, -0.25) is 0 Å². The third kappa shape index (κ3) is 5.18. The second-order valence-electron chi connectivity index (χ2n) is 3.32. The average molecular weight is 293 g/mol. The molecule has 0 saturated heterocycles. The van der Waals surface area contributed by atoms with E-state index in [1.165, 1.54) is 11.1 Å². The van der Waals surface area contributed by atoms with Crippen molar-refractivity contribution in [1.82, 2.24) is 0 Å². The number of aryl methyl sites for hydroxylation is 1. The van der Waals surface area contributed by atoms with Gasteiger partial charge < -0.3 is 0 Å². The SMILES string of the molecule is C=C/C(=C\C=C/C)c1ccc(C)c(Br)c1.CC. The molecular weight excluding hydrogens is 272 g/mol. The highest BCUT2D eigenvalue weighted by atomic mass is 79.9. The van der Waals surface area contributed by atoms with E-state index in [4.69, 9.17) is 0 Å². The lowest BCUT2D eigenvalue weighted by Gasteiger charge is -2.04. The number of hydrogen-bond donors (Lipinski definition) is 0. The van der Waals surface area contributed by atoms with Gasteiger partial charge >= 0.3 is 0 Å². The lowest BCUT2D eigenvalue weighted by Crippen LogP contribution is -1.83. The van der Waals surface area contributed by atoms with Crippen molar-refractivity contribution >= 4 is 21.5 Å². The topological polar surface area (TPSA) is 0 Å². The maximum absolute atomic E-state index is 3.82. The number of hydrogen-bond acceptors (Lipinski definition) is 0. The van der Waals surface area contributed by atoms with Crippen molar-refractivity contribution in [2.75, 3.05) is 0 Å². The first-order valence-corrected chi connectivity index (χ1v) is 6.70. The van der Waals surface area contributed by atoms with Crippen LogP contribution in [0.25, 0.3) is 5.57 Å². The summed E-state index contributed by atoms with van der Waals surface area (Å²) in [4.78, 5) is 0. The van der Waals surface area contributed by atoms with Crippen molar-refractivity contribution in [1.29, 1.82) is 0 Å². The van der Waals surface area contributed by atoms with Gasteiger partial charge in [0.2, 0.25) is 0 Å². The monoisotopic (exact) mass is 292 g/mol. The van der Waals surface area contributed by atoms with Crippen LogP contribution in [0.2, 0.25) is 0 Å². The molecule has 1 rings (SSSR count). The normalized spacial score (nSPS) is 11.0. The van der Waals surface area contributed by atoms with Gasteiger partial charge in [-0.25, -0.2) is 0 Å². The molecule has 1 aromatic carbocycles. The lowest BCUT2D eigenvalue weighted by atomic mass is 10.0. The fourth-order valence-corrected chi connectivity index (χ4v) is 1.63. The maximum Gasteiger partial charge on any atom is 0.0210 e. The third-order valence-corrected chi connectivity index (χ3v) is 3.05. The lowest BCUT2D eigenvalue weighted by molar-refractivity contribution is 1.41. The fraction of sp³-hybridized carbons (Fsp3) is 0.250. The minimum absolute atomic E-state index is 1.13. The summed E-state index contributed by atoms with van der Waals surface area (Å²) in [6.07, 6.45) is 7.96. The van der Waals surface area contributed by atoms with Gasteiger partial charge in [-0.05, 0) is 36.6 Å². The van der Waals surface area contributed by atoms with E-state index in [2.05, 4.69) is 53.7 Å². The summed E-state index contributed by atoms with van der Waals surface area (Å²) >= 11 is 3.53. The van der Waals surface area contributed by atoms with Crippen LogP contribution in [0.5, 0.6) is 0 Å². The number of rotatable bonds is 3. The van der Waals surface area contributed by atoms with E-state index < -0.39 is 0 Å². The molecule has 92 valence electrons. The average Bonchev–Trinajstić information content (AvgIpc) is 2.37. The molecule has 17 heavy (non-hydrogen) atoms. The fourth-order valence-electron chi connectivity index (χ4n) is 1.25. The standard InChI is InChI=1S/C14H15Br.C2H6/c1-4-6-7-12(5-2)13-9-8-11(3)14(15)10-13;1-2/h4-10H,2H2,1,3H3;1-2H3/b6-4-,12-7+;. The minimum atomic E-state index is 1.13. The van der Waals surface area contributed by atoms with Crippen LogP contribution < -0.4 is 0 Å². The molecule has 0 aliphatic carbocycles. The predicted molar refractivity (Wildman–Crippen MR) is 83.2 cm³/mol. The van der Waals surface area contributed by atoms with Crippen LogP contribution in [0, 0.1) is 6.92 Å². The Morgan fingerprint density at radius 1 is 1.29 bits per heavy atom. The highest BCUT2D eigenvalue weighted by molar-refractivity contribution is 9.10. The summed E-state index contributed by atoms with van der Waals surface area (Å²) in [7, 11) is 0. The van der Waals surface area contributed by atoms with E-state index in [0.29, 0.717) is 0 Å². The van der Waals surface area contributed by atoms with E-state index in [0.717, 1.165) is 10.0 Å². The predicted octanol–water partition coefficient (Wildman–Crippen LogP) is 5.93. The third-order valence-electron chi connectivity index (χ3n) is 2.19. The first kappa shape index (κ1) is 15.9. The highest BCUT2D eigenvalue weighted by Crippen LogP contribution is 2.23. The van der Waals surface area contributed by atoms with E-state index in [-0.39, 0.29) is 0 Å². The van der Waals surface area contributed by atoms with Crippen molar-refractivity contribution in [3.8, 4) is 0 Å². The van der Waals surface area contributed by atoms with Crippen LogP contribution in [0.15, 0.2) is 53.6 Å². The molecule has 0 aromatic heterocycles. The minimum Gasteiger partial charge on any atom is -0.0984 e. The Balaban J connectivity index is 0.00000121. The van der Waals surface area contributed by atoms with Gasteiger partial charge in [0.25, 0.3) is 0 Å². The van der Waals surface area contributed by atoms with Crippen LogP contribution in [0.4, 0.5) is 0 Å². The molecule has 0 bridgehead atoms. The molecule has 0 amide bonds. The largest absolute Gasteiger partial charge is 0.0984 e. The quantitative estimate of drug-likeness (QED) is 0.606. The Labute approximate surface area is 114 Å². The van der Waals surface area contributed by atoms with Crippen molar-refractivity contribution in [3.05, 3.63) is 64.7 Å². The summed E-state index contributed by atoms with van der Waals surface area (Å²) in [6.45, 7) is 11.9. The molecule has 0 saturated carbocycles. The van der Waals surface area contributed by atoms with Gasteiger partial charge in [-0.2, -0.15) is 0 Å². The van der Waals surface area contributed by atoms with Gasteiger partial charge in [0.1, 0.15) is 0 Å². The van der Waals surface area contributed by atoms with E-state index in [1.54, 1.807) is 0 Å². The molecule has 1 heteroatoms. The van der Waals surface area contributed by atoms with Gasteiger partial charge in [0.05, 0.1) is 0 Å². The van der Waals surface area contributed by atoms with Crippen molar-refractivity contribution in [3.63, 3.8) is 0 Å². The van der Waals surface area contributed by atoms with Gasteiger partial charge in [-0.1, -0.05) is 72.8 Å². The van der Waals surface area contributed by atoms with Crippen LogP contribution in [0.1, 0.15) is 31.9 Å². The number of allylic oxidation sites excluding steroid dienone is 5. The van der Waals surface area contributed by atoms with E-state index in [1.807, 2.05) is 39.0 Å². The summed E-state index contributed by atoms with van der Waals surface area (Å²) in [5, 5.41) is 0. The summed E-state index contributed by atoms with van der Waals surface area (Å²) in [5.41, 5.74) is 3.56. The highest BCUT2D eigenvalue weighted by Gasteiger charge is 1.99. The molecule has 0 unspecified atom stereocenters. The molecule has 0 nitrogen and oxygen atoms in total. The summed E-state index contributed by atoms with van der Waals surface area (Å²) in [5.74, 6) is 0. The van der Waals surface area contributed by atoms with E-state index >= 15 is 0 Å². The Morgan fingerprint density at radius 2 is 1.94 bits per heavy atom. The van der Waals surface area contributed by atoms with Crippen molar-refractivity contribution in [2.45, 2.75) is 27.7 Å². The summed E-state index contributed by atoms with van der Waals surface area (Å²) < 4.78 is 1.13. The maximum atomic E-state index is 3.82. The van der Waals surface area contributed by atoms with Crippen LogP contribution in [0.3, 0.4) is 0 Å². The smallest absolute Gasteiger partial charge is 0.0210 e. The Kier molecular flexibility index (Phi) is 8.43. The first-order chi connectivity index (χ1) is 8.19. The van der Waals surface area contributed by atoms with Crippen LogP contribution >= 0.6 is 15.9 Å². The van der Waals surface area contributed by atoms with Crippen molar-refractivity contribution in [2.24, 2.45) is 0 Å². The van der Waals surface area contributed by atoms with Gasteiger partial charge in [-0.15, -0.1) is 0 Å². The van der Waals surface area contributed by atoms with Gasteiger partial charge in [0, 0.05) is 4.47 Å². The second kappa shape index (κ2) is 9.00. The van der Waals surface area contributed by atoms with Crippen molar-refractivity contribution < 1.29 is 0 Å². The molecule has 0 aliphatic heterocycles. The van der Waals surface area contributed by atoms with Crippen LogP contribution in [-0.4, -0.2) is 0 Å². The first-order valence-electron chi connectivity index (χ1n) is 5.91. The molecule has 0 radical (unpaired) electrons. The Morgan fingerprint density at radius 3 is 2.41 bits per heavy atom. The number of benzene rings is 1. The molecular formula is C16H21Br. The zero-order valence-electron chi connectivity index (χ0n) is 11.1. The zero-order chi connectivity index (χ0) is 13.3. The molecule has 1 aromatic rings. The molecule has 0 heterocycles. The van der Waals surface area contributed by atoms with Crippen LogP contribution in [-0.2, 0) is 0 Å². The number of halogens is 1. The Hall–Kier alpha value is -1.08. The molecule has 0 fully saturated rings. The molecule has 0 spiro atoms. The zero-order valence-corrected chi connectivity index (χ0v) is 12.7. The van der Waals surface area contributed by atoms with Gasteiger partial charge in [0.15, 0.2) is 0 Å². The molecule has 0 aliphatic rings. The van der Waals surface area contributed by atoms with E-state index in [9.17, 15) is 0 Å². The molecule has 0 atom stereocenters. The summed E-state index contributed by atoms with van der Waals surface area (Å²) in [6, 6.07) is 6.33. The second-order valence-corrected chi connectivity index (χ2v) is 4.17. The molecule has 0 N–H and O–H groups in total.